The van der Waals surface area contributed by atoms with Crippen LogP contribution in [0.2, 0.25) is 0 Å². The lowest BCUT2D eigenvalue weighted by Crippen LogP contribution is -2.36. The van der Waals surface area contributed by atoms with E-state index in [-0.39, 0.29) is 0 Å². The number of nitrogens with zero attached hydrogens (tertiary/aromatic N) is 1. The van der Waals surface area contributed by atoms with Crippen LogP contribution in [0.25, 0.3) is 0 Å². The summed E-state index contributed by atoms with van der Waals surface area (Å²) in [6.45, 7) is 6.32. The molecule has 3 saturated heterocycles. The fraction of sp³-hybridized carbons (Fsp3) is 1.00. The highest BCUT2D eigenvalue weighted by Crippen LogP contribution is 2.42. The minimum absolute atomic E-state index is 0.306. The number of likely N-dealkylation sites (tertiary alicyclic amines) is 1. The Hall–Kier alpha value is -0.120. The highest BCUT2D eigenvalue weighted by molar-refractivity contribution is 4.95. The van der Waals surface area contributed by atoms with Crippen molar-refractivity contribution in [3.8, 4) is 0 Å². The lowest BCUT2D eigenvalue weighted by Gasteiger charge is -2.34. The maximum Gasteiger partial charge on any atom is 0.0710 e. The Morgan fingerprint density at radius 2 is 1.74 bits per heavy atom. The topological polar surface area (TPSA) is 24.5 Å². The Morgan fingerprint density at radius 1 is 1.00 bits per heavy atom. The summed E-state index contributed by atoms with van der Waals surface area (Å²) in [5, 5.41) is 3.53. The summed E-state index contributed by atoms with van der Waals surface area (Å²) in [4.78, 5) is 2.68. The molecule has 0 aromatic carbocycles. The van der Waals surface area contributed by atoms with Gasteiger partial charge in [-0.15, -0.1) is 0 Å². The molecule has 0 radical (unpaired) electrons. The second-order valence-corrected chi connectivity index (χ2v) is 7.42. The third kappa shape index (κ3) is 2.45. The molecule has 4 aliphatic rings. The maximum atomic E-state index is 6.52. The molecule has 0 bridgehead atoms. The number of fused-ring (bicyclic) bond motifs is 1. The number of nitrogens with one attached hydrogen (secondary N) is 1. The SMILES string of the molecule is C1CCC2(CC1)CCC(CN1CC3CNCC3C1)O2. The Balaban J connectivity index is 1.30. The smallest absolute Gasteiger partial charge is 0.0710 e. The van der Waals surface area contributed by atoms with Gasteiger partial charge in [-0.25, -0.2) is 0 Å². The predicted molar refractivity (Wildman–Crippen MR) is 76.2 cm³/mol. The van der Waals surface area contributed by atoms with E-state index in [1.165, 1.54) is 77.7 Å². The number of hydrogen-bond acceptors (Lipinski definition) is 3. The summed E-state index contributed by atoms with van der Waals surface area (Å²) < 4.78 is 6.52. The van der Waals surface area contributed by atoms with Crippen molar-refractivity contribution in [2.75, 3.05) is 32.7 Å². The van der Waals surface area contributed by atoms with Gasteiger partial charge in [0, 0.05) is 19.6 Å². The summed E-state index contributed by atoms with van der Waals surface area (Å²) in [5.41, 5.74) is 0.306. The van der Waals surface area contributed by atoms with Gasteiger partial charge in [0.2, 0.25) is 0 Å². The predicted octanol–water partition coefficient (Wildman–Crippen LogP) is 2.02. The van der Waals surface area contributed by atoms with Gasteiger partial charge in [0.1, 0.15) is 0 Å². The lowest BCUT2D eigenvalue weighted by molar-refractivity contribution is -0.0707. The molecule has 3 heteroatoms. The van der Waals surface area contributed by atoms with Gasteiger partial charge in [-0.05, 0) is 50.6 Å². The van der Waals surface area contributed by atoms with E-state index < -0.39 is 0 Å². The number of hydrogen-bond donors (Lipinski definition) is 1. The van der Waals surface area contributed by atoms with E-state index in [9.17, 15) is 0 Å². The van der Waals surface area contributed by atoms with E-state index in [4.69, 9.17) is 4.74 Å². The number of rotatable bonds is 2. The zero-order valence-corrected chi connectivity index (χ0v) is 12.1. The molecule has 108 valence electrons. The van der Waals surface area contributed by atoms with Gasteiger partial charge in [-0.2, -0.15) is 0 Å². The molecule has 3 nitrogen and oxygen atoms in total. The third-order valence-corrected chi connectivity index (χ3v) is 6.03. The van der Waals surface area contributed by atoms with Crippen LogP contribution in [0, 0.1) is 11.8 Å². The first-order chi connectivity index (χ1) is 9.33. The van der Waals surface area contributed by atoms with Gasteiger partial charge in [0.15, 0.2) is 0 Å². The van der Waals surface area contributed by atoms with Crippen molar-refractivity contribution >= 4 is 0 Å². The van der Waals surface area contributed by atoms with Gasteiger partial charge < -0.3 is 15.0 Å². The van der Waals surface area contributed by atoms with Gasteiger partial charge in [0.25, 0.3) is 0 Å². The van der Waals surface area contributed by atoms with E-state index in [0.29, 0.717) is 11.7 Å². The normalized spacial score (nSPS) is 42.0. The van der Waals surface area contributed by atoms with E-state index in [1.807, 2.05) is 0 Å². The van der Waals surface area contributed by atoms with Gasteiger partial charge in [-0.3, -0.25) is 0 Å². The second-order valence-electron chi connectivity index (χ2n) is 7.42. The summed E-state index contributed by atoms with van der Waals surface area (Å²) in [7, 11) is 0. The Morgan fingerprint density at radius 3 is 2.47 bits per heavy atom. The minimum Gasteiger partial charge on any atom is -0.370 e. The van der Waals surface area contributed by atoms with Crippen molar-refractivity contribution in [1.82, 2.24) is 10.2 Å². The van der Waals surface area contributed by atoms with Crippen LogP contribution in [0.3, 0.4) is 0 Å². The lowest BCUT2D eigenvalue weighted by atomic mass is 9.83. The molecule has 1 N–H and O–H groups in total. The van der Waals surface area contributed by atoms with Gasteiger partial charge >= 0.3 is 0 Å². The Kier molecular flexibility index (Phi) is 3.33. The number of ether oxygens (including phenoxy) is 1. The van der Waals surface area contributed by atoms with Crippen molar-refractivity contribution in [3.63, 3.8) is 0 Å². The fourth-order valence-corrected chi connectivity index (χ4v) is 4.98. The summed E-state index contributed by atoms with van der Waals surface area (Å²) in [6.07, 6.45) is 10.1. The summed E-state index contributed by atoms with van der Waals surface area (Å²) >= 11 is 0. The Labute approximate surface area is 117 Å². The maximum absolute atomic E-state index is 6.52. The van der Waals surface area contributed by atoms with E-state index >= 15 is 0 Å². The monoisotopic (exact) mass is 264 g/mol. The first kappa shape index (κ1) is 12.6. The zero-order chi connectivity index (χ0) is 12.7. The molecule has 0 aromatic heterocycles. The molecule has 3 heterocycles. The van der Waals surface area contributed by atoms with Crippen molar-refractivity contribution in [1.29, 1.82) is 0 Å². The third-order valence-electron chi connectivity index (χ3n) is 6.03. The molecule has 1 spiro atoms. The molecular formula is C16H28N2O. The van der Waals surface area contributed by atoms with Crippen LogP contribution >= 0.6 is 0 Å². The first-order valence-corrected chi connectivity index (χ1v) is 8.44. The van der Waals surface area contributed by atoms with Crippen molar-refractivity contribution in [2.45, 2.75) is 56.7 Å². The molecular weight excluding hydrogens is 236 g/mol. The molecule has 0 amide bonds. The zero-order valence-electron chi connectivity index (χ0n) is 12.1. The van der Waals surface area contributed by atoms with Crippen LogP contribution in [0.5, 0.6) is 0 Å². The van der Waals surface area contributed by atoms with Crippen LogP contribution in [0.15, 0.2) is 0 Å². The van der Waals surface area contributed by atoms with Crippen molar-refractivity contribution in [2.24, 2.45) is 11.8 Å². The largest absolute Gasteiger partial charge is 0.370 e. The van der Waals surface area contributed by atoms with Crippen LogP contribution in [-0.2, 0) is 4.74 Å². The highest BCUT2D eigenvalue weighted by Gasteiger charge is 2.43. The minimum atomic E-state index is 0.306. The fourth-order valence-electron chi connectivity index (χ4n) is 4.98. The van der Waals surface area contributed by atoms with Crippen molar-refractivity contribution in [3.05, 3.63) is 0 Å². The molecule has 4 rings (SSSR count). The average Bonchev–Trinajstić information content (AvgIpc) is 3.07. The van der Waals surface area contributed by atoms with E-state index in [2.05, 4.69) is 10.2 Å². The van der Waals surface area contributed by atoms with Crippen LogP contribution in [0.1, 0.15) is 44.9 Å². The molecule has 3 atom stereocenters. The molecule has 1 saturated carbocycles. The van der Waals surface area contributed by atoms with Crippen LogP contribution < -0.4 is 5.32 Å². The van der Waals surface area contributed by atoms with Gasteiger partial charge in [-0.1, -0.05) is 19.3 Å². The highest BCUT2D eigenvalue weighted by atomic mass is 16.5. The first-order valence-electron chi connectivity index (χ1n) is 8.44. The molecule has 3 unspecified atom stereocenters. The van der Waals surface area contributed by atoms with Gasteiger partial charge in [0.05, 0.1) is 11.7 Å². The Bertz CT molecular complexity index is 315. The molecule has 4 fully saturated rings. The summed E-state index contributed by atoms with van der Waals surface area (Å²) in [5.74, 6) is 1.84. The second kappa shape index (κ2) is 5.01. The molecule has 3 aliphatic heterocycles. The molecule has 0 aromatic rings. The van der Waals surface area contributed by atoms with Crippen LogP contribution in [0.4, 0.5) is 0 Å². The molecule has 19 heavy (non-hydrogen) atoms. The van der Waals surface area contributed by atoms with Crippen LogP contribution in [-0.4, -0.2) is 49.3 Å². The summed E-state index contributed by atoms with van der Waals surface area (Å²) in [6, 6.07) is 0. The standard InChI is InChI=1S/C16H28N2O/c1-2-5-16(6-3-1)7-4-15(19-16)12-18-10-13-8-17-9-14(13)11-18/h13-15,17H,1-12H2. The van der Waals surface area contributed by atoms with E-state index in [0.717, 1.165) is 11.8 Å². The average molecular weight is 264 g/mol. The molecule has 1 aliphatic carbocycles. The van der Waals surface area contributed by atoms with Crippen molar-refractivity contribution < 1.29 is 4.74 Å². The quantitative estimate of drug-likeness (QED) is 0.826. The van der Waals surface area contributed by atoms with E-state index in [1.54, 1.807) is 0 Å².